The molecule has 0 atom stereocenters. The van der Waals surface area contributed by atoms with Crippen molar-refractivity contribution in [1.29, 1.82) is 5.26 Å². The molecule has 19 heavy (non-hydrogen) atoms. The number of rotatable bonds is 3. The Kier molecular flexibility index (Phi) is 3.23. The van der Waals surface area contributed by atoms with E-state index in [-0.39, 0.29) is 16.5 Å². The summed E-state index contributed by atoms with van der Waals surface area (Å²) in [5, 5.41) is 12.5. The van der Waals surface area contributed by atoms with Crippen LogP contribution in [0.4, 0.5) is 5.88 Å². The number of hydrogen-bond acceptors (Lipinski definition) is 6. The molecule has 0 saturated heterocycles. The van der Waals surface area contributed by atoms with E-state index < -0.39 is 10.0 Å². The van der Waals surface area contributed by atoms with Gasteiger partial charge in [-0.05, 0) is 26.0 Å². The number of nitrogens with zero attached hydrogens (tertiary/aromatic N) is 3. The third-order valence-electron chi connectivity index (χ3n) is 2.55. The van der Waals surface area contributed by atoms with Crippen LogP contribution >= 0.6 is 0 Å². The zero-order valence-corrected chi connectivity index (χ0v) is 11.0. The highest BCUT2D eigenvalue weighted by Gasteiger charge is 2.22. The van der Waals surface area contributed by atoms with E-state index in [2.05, 4.69) is 14.9 Å². The van der Waals surface area contributed by atoms with Crippen molar-refractivity contribution < 1.29 is 12.9 Å². The van der Waals surface area contributed by atoms with Crippen molar-refractivity contribution in [3.8, 4) is 6.07 Å². The largest absolute Gasteiger partial charge is 0.337 e. The lowest BCUT2D eigenvalue weighted by atomic mass is 10.3. The molecule has 0 radical (unpaired) electrons. The summed E-state index contributed by atoms with van der Waals surface area (Å²) in [6.07, 6.45) is 1.35. The van der Waals surface area contributed by atoms with Crippen LogP contribution in [0.25, 0.3) is 0 Å². The predicted octanol–water partition coefficient (Wildman–Crippen LogP) is 1.36. The minimum Gasteiger partial charge on any atom is -0.337 e. The average Bonchev–Trinajstić information content (AvgIpc) is 2.70. The van der Waals surface area contributed by atoms with E-state index in [1.54, 1.807) is 19.9 Å². The van der Waals surface area contributed by atoms with Crippen LogP contribution in [0.3, 0.4) is 0 Å². The Morgan fingerprint density at radius 3 is 2.74 bits per heavy atom. The Balaban J connectivity index is 2.44. The summed E-state index contributed by atoms with van der Waals surface area (Å²) in [5.74, 6) is 0.0326. The van der Waals surface area contributed by atoms with Crippen molar-refractivity contribution in [3.63, 3.8) is 0 Å². The maximum absolute atomic E-state index is 12.2. The number of aromatic nitrogens is 2. The van der Waals surface area contributed by atoms with E-state index in [0.717, 1.165) is 0 Å². The fourth-order valence-corrected chi connectivity index (χ4v) is 2.53. The molecule has 2 rings (SSSR count). The lowest BCUT2D eigenvalue weighted by Crippen LogP contribution is -2.15. The highest BCUT2D eigenvalue weighted by atomic mass is 32.2. The van der Waals surface area contributed by atoms with Crippen LogP contribution < -0.4 is 4.72 Å². The lowest BCUT2D eigenvalue weighted by molar-refractivity contribution is 0.430. The molecular formula is C11H10N4O3S. The maximum atomic E-state index is 12.2. The molecule has 0 aliphatic heterocycles. The quantitative estimate of drug-likeness (QED) is 0.907. The van der Waals surface area contributed by atoms with E-state index in [4.69, 9.17) is 9.78 Å². The van der Waals surface area contributed by atoms with Crippen molar-refractivity contribution in [2.75, 3.05) is 4.72 Å². The summed E-state index contributed by atoms with van der Waals surface area (Å²) >= 11 is 0. The van der Waals surface area contributed by atoms with Crippen molar-refractivity contribution in [1.82, 2.24) is 10.1 Å². The summed E-state index contributed by atoms with van der Waals surface area (Å²) < 4.78 is 31.4. The molecule has 1 N–H and O–H groups in total. The Bertz CT molecular complexity index is 758. The fraction of sp³-hybridized carbons (Fsp3) is 0.182. The van der Waals surface area contributed by atoms with Gasteiger partial charge < -0.3 is 4.52 Å². The van der Waals surface area contributed by atoms with Gasteiger partial charge in [0, 0.05) is 11.8 Å². The van der Waals surface area contributed by atoms with Crippen LogP contribution in [0.5, 0.6) is 0 Å². The molecule has 98 valence electrons. The van der Waals surface area contributed by atoms with Crippen LogP contribution in [0.1, 0.15) is 17.0 Å². The molecule has 8 heteroatoms. The zero-order valence-electron chi connectivity index (χ0n) is 10.2. The van der Waals surface area contributed by atoms with Crippen LogP contribution in [0.15, 0.2) is 27.7 Å². The molecule has 0 amide bonds. The van der Waals surface area contributed by atoms with Crippen LogP contribution in [0.2, 0.25) is 0 Å². The van der Waals surface area contributed by atoms with Gasteiger partial charge in [-0.2, -0.15) is 5.26 Å². The highest BCUT2D eigenvalue weighted by Crippen LogP contribution is 2.22. The Hall–Kier alpha value is -2.40. The van der Waals surface area contributed by atoms with Crippen molar-refractivity contribution in [3.05, 3.63) is 35.3 Å². The van der Waals surface area contributed by atoms with Crippen LogP contribution in [-0.2, 0) is 10.0 Å². The predicted molar refractivity (Wildman–Crippen MR) is 65.7 cm³/mol. The minimum atomic E-state index is -3.93. The maximum Gasteiger partial charge on any atom is 0.267 e. The van der Waals surface area contributed by atoms with Crippen molar-refractivity contribution in [2.45, 2.75) is 18.7 Å². The van der Waals surface area contributed by atoms with Crippen molar-refractivity contribution >= 4 is 15.9 Å². The molecule has 0 aliphatic carbocycles. The highest BCUT2D eigenvalue weighted by molar-refractivity contribution is 7.92. The van der Waals surface area contributed by atoms with E-state index in [0.29, 0.717) is 11.3 Å². The molecule has 0 fully saturated rings. The second kappa shape index (κ2) is 4.70. The van der Waals surface area contributed by atoms with Gasteiger partial charge in [0.1, 0.15) is 11.0 Å². The Morgan fingerprint density at radius 2 is 2.16 bits per heavy atom. The normalized spacial score (nSPS) is 11.0. The molecule has 0 saturated carbocycles. The summed E-state index contributed by atoms with van der Waals surface area (Å²) in [4.78, 5) is 3.50. The number of pyridine rings is 1. The number of hydrogen-bond donors (Lipinski definition) is 1. The van der Waals surface area contributed by atoms with Gasteiger partial charge in [-0.25, -0.2) is 18.1 Å². The lowest BCUT2D eigenvalue weighted by Gasteiger charge is -2.06. The van der Waals surface area contributed by atoms with Crippen LogP contribution in [0, 0.1) is 25.2 Å². The van der Waals surface area contributed by atoms with Gasteiger partial charge in [-0.3, -0.25) is 0 Å². The first-order valence-corrected chi connectivity index (χ1v) is 6.75. The molecule has 2 aromatic heterocycles. The fourth-order valence-electron chi connectivity index (χ4n) is 1.38. The molecule has 2 heterocycles. The summed E-state index contributed by atoms with van der Waals surface area (Å²) in [6.45, 7) is 3.37. The van der Waals surface area contributed by atoms with E-state index in [9.17, 15) is 8.42 Å². The smallest absolute Gasteiger partial charge is 0.267 e. The van der Waals surface area contributed by atoms with Crippen LogP contribution in [-0.4, -0.2) is 18.6 Å². The Morgan fingerprint density at radius 1 is 1.42 bits per heavy atom. The second-order valence-corrected chi connectivity index (χ2v) is 5.44. The molecule has 0 unspecified atom stereocenters. The van der Waals surface area contributed by atoms with Gasteiger partial charge in [0.25, 0.3) is 10.0 Å². The molecule has 0 aliphatic rings. The van der Waals surface area contributed by atoms with Gasteiger partial charge in [0.05, 0.1) is 5.69 Å². The first-order valence-electron chi connectivity index (χ1n) is 5.26. The standard InChI is InChI=1S/C11H10N4O3S/c1-7-8(2)14-18-11(7)15-19(16,17)10-4-3-5-13-9(10)6-12/h3-5,15H,1-2H3. The average molecular weight is 278 g/mol. The summed E-state index contributed by atoms with van der Waals surface area (Å²) in [7, 11) is -3.93. The van der Waals surface area contributed by atoms with Crippen molar-refractivity contribution in [2.24, 2.45) is 0 Å². The summed E-state index contributed by atoms with van der Waals surface area (Å²) in [6, 6.07) is 4.47. The zero-order chi connectivity index (χ0) is 14.0. The third kappa shape index (κ3) is 2.41. The van der Waals surface area contributed by atoms with Gasteiger partial charge in [0.2, 0.25) is 5.88 Å². The van der Waals surface area contributed by atoms with Gasteiger partial charge in [-0.15, -0.1) is 0 Å². The summed E-state index contributed by atoms with van der Waals surface area (Å²) in [5.41, 5.74) is 0.999. The molecule has 0 bridgehead atoms. The molecule has 2 aromatic rings. The molecular weight excluding hydrogens is 268 g/mol. The SMILES string of the molecule is Cc1noc(NS(=O)(=O)c2cccnc2C#N)c1C. The second-order valence-electron chi connectivity index (χ2n) is 3.79. The van der Waals surface area contributed by atoms with E-state index in [1.807, 2.05) is 0 Å². The number of nitriles is 1. The molecule has 7 nitrogen and oxygen atoms in total. The number of aryl methyl sites for hydroxylation is 1. The minimum absolute atomic E-state index is 0.0326. The van der Waals surface area contributed by atoms with Gasteiger partial charge in [-0.1, -0.05) is 5.16 Å². The first kappa shape index (κ1) is 13.0. The van der Waals surface area contributed by atoms with E-state index >= 15 is 0 Å². The van der Waals surface area contributed by atoms with E-state index in [1.165, 1.54) is 18.3 Å². The molecule has 0 spiro atoms. The topological polar surface area (TPSA) is 109 Å². The third-order valence-corrected chi connectivity index (χ3v) is 3.91. The first-order chi connectivity index (χ1) is 8.95. The van der Waals surface area contributed by atoms with Gasteiger partial charge >= 0.3 is 0 Å². The monoisotopic (exact) mass is 278 g/mol. The Labute approximate surface area is 109 Å². The number of anilines is 1. The number of sulfonamides is 1. The van der Waals surface area contributed by atoms with Gasteiger partial charge in [0.15, 0.2) is 5.69 Å². The number of nitrogens with one attached hydrogen (secondary N) is 1. The molecule has 0 aromatic carbocycles.